The fourth-order valence-corrected chi connectivity index (χ4v) is 2.48. The number of aryl methyl sites for hydroxylation is 1. The molecular formula is C14H24N4O2S. The molecular weight excluding hydrogens is 288 g/mol. The molecule has 0 bridgehead atoms. The van der Waals surface area contributed by atoms with Gasteiger partial charge in [0, 0.05) is 5.38 Å². The van der Waals surface area contributed by atoms with Gasteiger partial charge in [-0.05, 0) is 19.3 Å². The summed E-state index contributed by atoms with van der Waals surface area (Å²) in [4.78, 5) is 27.9. The van der Waals surface area contributed by atoms with Crippen molar-refractivity contribution in [3.05, 3.63) is 16.1 Å². The molecule has 1 aromatic rings. The van der Waals surface area contributed by atoms with E-state index in [9.17, 15) is 9.59 Å². The number of amides is 2. The second-order valence-corrected chi connectivity index (χ2v) is 6.24. The maximum Gasteiger partial charge on any atom is 0.239 e. The zero-order chi connectivity index (χ0) is 16.0. The van der Waals surface area contributed by atoms with Crippen molar-refractivity contribution in [2.75, 3.05) is 6.54 Å². The molecule has 0 aliphatic rings. The lowest BCUT2D eigenvalue weighted by molar-refractivity contribution is -0.127. The minimum atomic E-state index is -0.596. The van der Waals surface area contributed by atoms with Gasteiger partial charge >= 0.3 is 0 Å². The van der Waals surface area contributed by atoms with Gasteiger partial charge < -0.3 is 16.4 Å². The molecule has 0 spiro atoms. The summed E-state index contributed by atoms with van der Waals surface area (Å²) < 4.78 is 0. The monoisotopic (exact) mass is 312 g/mol. The Kier molecular flexibility index (Phi) is 6.77. The maximum absolute atomic E-state index is 11.8. The Morgan fingerprint density at radius 2 is 2.05 bits per heavy atom. The first-order chi connectivity index (χ1) is 9.85. The van der Waals surface area contributed by atoms with Gasteiger partial charge in [0.05, 0.1) is 29.3 Å². The quantitative estimate of drug-likeness (QED) is 0.699. The molecule has 0 aromatic carbocycles. The van der Waals surface area contributed by atoms with E-state index in [4.69, 9.17) is 5.73 Å². The second kappa shape index (κ2) is 8.09. The Hall–Kier alpha value is -1.47. The zero-order valence-electron chi connectivity index (χ0n) is 13.0. The number of hydrogen-bond donors (Lipinski definition) is 3. The van der Waals surface area contributed by atoms with Crippen molar-refractivity contribution in [1.29, 1.82) is 0 Å². The van der Waals surface area contributed by atoms with Crippen LogP contribution in [0.25, 0.3) is 0 Å². The van der Waals surface area contributed by atoms with E-state index in [2.05, 4.69) is 15.6 Å². The predicted octanol–water partition coefficient (Wildman–Crippen LogP) is 0.982. The highest BCUT2D eigenvalue weighted by Crippen LogP contribution is 2.16. The van der Waals surface area contributed by atoms with Crippen molar-refractivity contribution in [2.24, 2.45) is 11.7 Å². The first-order valence-electron chi connectivity index (χ1n) is 7.12. The third-order valence-corrected chi connectivity index (χ3v) is 4.15. The Morgan fingerprint density at radius 1 is 1.38 bits per heavy atom. The Balaban J connectivity index is 2.41. The van der Waals surface area contributed by atoms with Gasteiger partial charge in [0.25, 0.3) is 0 Å². The Morgan fingerprint density at radius 3 is 2.57 bits per heavy atom. The molecule has 0 fully saturated rings. The average Bonchev–Trinajstić information content (AvgIpc) is 2.92. The minimum absolute atomic E-state index is 0.0365. The zero-order valence-corrected chi connectivity index (χ0v) is 13.8. The van der Waals surface area contributed by atoms with Crippen LogP contribution >= 0.6 is 11.3 Å². The molecule has 2 atom stereocenters. The first-order valence-corrected chi connectivity index (χ1v) is 8.00. The van der Waals surface area contributed by atoms with Crippen molar-refractivity contribution in [2.45, 2.75) is 46.2 Å². The van der Waals surface area contributed by atoms with Crippen LogP contribution < -0.4 is 16.4 Å². The topological polar surface area (TPSA) is 97.1 Å². The average molecular weight is 312 g/mol. The highest BCUT2D eigenvalue weighted by molar-refractivity contribution is 7.09. The third-order valence-electron chi connectivity index (χ3n) is 3.14. The van der Waals surface area contributed by atoms with E-state index in [-0.39, 0.29) is 30.3 Å². The van der Waals surface area contributed by atoms with E-state index >= 15 is 0 Å². The summed E-state index contributed by atoms with van der Waals surface area (Å²) in [5.41, 5.74) is 6.55. The molecule has 0 radical (unpaired) electrons. The highest BCUT2D eigenvalue weighted by atomic mass is 32.1. The largest absolute Gasteiger partial charge is 0.346 e. The first kappa shape index (κ1) is 17.6. The van der Waals surface area contributed by atoms with Gasteiger partial charge in [-0.15, -0.1) is 11.3 Å². The fourth-order valence-electron chi connectivity index (χ4n) is 1.64. The van der Waals surface area contributed by atoms with Crippen LogP contribution in [0.15, 0.2) is 5.38 Å². The molecule has 118 valence electrons. The summed E-state index contributed by atoms with van der Waals surface area (Å²) in [5, 5.41) is 8.34. The van der Waals surface area contributed by atoms with Crippen LogP contribution in [0.1, 0.15) is 44.4 Å². The molecule has 1 heterocycles. The molecule has 0 aliphatic carbocycles. The van der Waals surface area contributed by atoms with Gasteiger partial charge in [0.1, 0.15) is 0 Å². The van der Waals surface area contributed by atoms with Crippen LogP contribution in [0, 0.1) is 5.92 Å². The summed E-state index contributed by atoms with van der Waals surface area (Å²) in [7, 11) is 0. The van der Waals surface area contributed by atoms with Crippen molar-refractivity contribution in [3.63, 3.8) is 0 Å². The van der Waals surface area contributed by atoms with E-state index in [0.29, 0.717) is 0 Å². The predicted molar refractivity (Wildman–Crippen MR) is 83.9 cm³/mol. The molecule has 0 saturated carbocycles. The smallest absolute Gasteiger partial charge is 0.239 e. The lowest BCUT2D eigenvalue weighted by Crippen LogP contribution is -2.47. The number of carbonyl (C=O) groups excluding carboxylic acids is 2. The summed E-state index contributed by atoms with van der Waals surface area (Å²) in [5.74, 6) is -0.526. The molecule has 2 amide bonds. The minimum Gasteiger partial charge on any atom is -0.346 e. The third kappa shape index (κ3) is 5.43. The van der Waals surface area contributed by atoms with Crippen LogP contribution in [-0.2, 0) is 16.0 Å². The summed E-state index contributed by atoms with van der Waals surface area (Å²) in [6, 6.07) is -0.773. The number of carbonyl (C=O) groups is 2. The van der Waals surface area contributed by atoms with Crippen LogP contribution in [0.2, 0.25) is 0 Å². The van der Waals surface area contributed by atoms with E-state index in [1.54, 1.807) is 11.3 Å². The van der Waals surface area contributed by atoms with Crippen LogP contribution in [-0.4, -0.2) is 29.4 Å². The second-order valence-electron chi connectivity index (χ2n) is 5.30. The van der Waals surface area contributed by atoms with Crippen molar-refractivity contribution in [1.82, 2.24) is 15.6 Å². The van der Waals surface area contributed by atoms with Gasteiger partial charge in [-0.25, -0.2) is 4.98 Å². The van der Waals surface area contributed by atoms with Crippen LogP contribution in [0.5, 0.6) is 0 Å². The molecule has 7 heteroatoms. The molecule has 4 N–H and O–H groups in total. The number of rotatable bonds is 7. The van der Waals surface area contributed by atoms with Gasteiger partial charge in [-0.2, -0.15) is 0 Å². The molecule has 21 heavy (non-hydrogen) atoms. The number of nitrogens with two attached hydrogens (primary N) is 1. The van der Waals surface area contributed by atoms with Gasteiger partial charge in [-0.3, -0.25) is 9.59 Å². The van der Waals surface area contributed by atoms with E-state index in [1.807, 2.05) is 33.1 Å². The van der Waals surface area contributed by atoms with Crippen LogP contribution in [0.3, 0.4) is 0 Å². The molecule has 1 rings (SSSR count). The van der Waals surface area contributed by atoms with Crippen molar-refractivity contribution >= 4 is 23.2 Å². The van der Waals surface area contributed by atoms with Gasteiger partial charge in [0.15, 0.2) is 0 Å². The number of nitrogens with zero attached hydrogens (tertiary/aromatic N) is 1. The number of thiazole rings is 1. The van der Waals surface area contributed by atoms with E-state index < -0.39 is 6.04 Å². The maximum atomic E-state index is 11.8. The lowest BCUT2D eigenvalue weighted by Gasteiger charge is -2.16. The number of nitrogens with one attached hydrogen (secondary N) is 2. The molecule has 0 aliphatic heterocycles. The molecule has 6 nitrogen and oxygen atoms in total. The highest BCUT2D eigenvalue weighted by Gasteiger charge is 2.18. The molecule has 1 unspecified atom stereocenters. The number of aromatic nitrogens is 1. The van der Waals surface area contributed by atoms with E-state index in [1.165, 1.54) is 0 Å². The molecule has 0 saturated heterocycles. The summed E-state index contributed by atoms with van der Waals surface area (Å²) in [6.45, 7) is 7.56. The Labute approximate surface area is 129 Å². The normalized spacial score (nSPS) is 13.8. The fraction of sp³-hybridized carbons (Fsp3) is 0.643. The Bertz CT molecular complexity index is 487. The number of hydrogen-bond acceptors (Lipinski definition) is 5. The molecule has 1 aromatic heterocycles. The van der Waals surface area contributed by atoms with Crippen molar-refractivity contribution < 1.29 is 9.59 Å². The SMILES string of the molecule is CCc1nc(C(C)NC(=O)CNC(=O)[C@@H](N)C(C)C)cs1. The summed E-state index contributed by atoms with van der Waals surface area (Å²) in [6.07, 6.45) is 0.883. The van der Waals surface area contributed by atoms with Crippen LogP contribution in [0.4, 0.5) is 0 Å². The lowest BCUT2D eigenvalue weighted by atomic mass is 10.1. The van der Waals surface area contributed by atoms with Crippen molar-refractivity contribution in [3.8, 4) is 0 Å². The van der Waals surface area contributed by atoms with E-state index in [0.717, 1.165) is 17.1 Å². The summed E-state index contributed by atoms with van der Waals surface area (Å²) >= 11 is 1.58. The van der Waals surface area contributed by atoms with Gasteiger partial charge in [0.2, 0.25) is 11.8 Å². The van der Waals surface area contributed by atoms with Gasteiger partial charge in [-0.1, -0.05) is 20.8 Å². The standard InChI is InChI=1S/C14H24N4O2S/c1-5-12-18-10(7-21-12)9(4)17-11(19)6-16-14(20)13(15)8(2)3/h7-9,13H,5-6,15H2,1-4H3,(H,16,20)(H,17,19)/t9?,13-/m0/s1.